The van der Waals surface area contributed by atoms with Gasteiger partial charge < -0.3 is 4.79 Å². The molecule has 0 fully saturated rings. The van der Waals surface area contributed by atoms with Gasteiger partial charge >= 0.3 is 0 Å². The summed E-state index contributed by atoms with van der Waals surface area (Å²) in [6.45, 7) is 0. The second-order valence-corrected chi connectivity index (χ2v) is 2.54. The van der Waals surface area contributed by atoms with Gasteiger partial charge in [-0.25, -0.2) is 0 Å². The van der Waals surface area contributed by atoms with Crippen molar-refractivity contribution in [3.63, 3.8) is 0 Å². The number of aldehydes is 1. The maximum Gasteiger partial charge on any atom is 0.134 e. The lowest BCUT2D eigenvalue weighted by Gasteiger charge is -1.94. The number of rotatable bonds is 4. The summed E-state index contributed by atoms with van der Waals surface area (Å²) < 4.78 is 0. The first-order valence-corrected chi connectivity index (χ1v) is 3.91. The van der Waals surface area contributed by atoms with Crippen molar-refractivity contribution in [3.8, 4) is 0 Å². The summed E-state index contributed by atoms with van der Waals surface area (Å²) in [5.74, 6) is 0. The molecule has 1 aromatic rings. The van der Waals surface area contributed by atoms with E-state index in [1.165, 1.54) is 5.56 Å². The molecule has 0 atom stereocenters. The molecular weight excluding hydrogens is 135 g/mol. The molecule has 2 heteroatoms. The van der Waals surface area contributed by atoms with Gasteiger partial charge in [-0.15, -0.1) is 0 Å². The van der Waals surface area contributed by atoms with Gasteiger partial charge in [-0.3, -0.25) is 0 Å². The molecule has 0 saturated heterocycles. The van der Waals surface area contributed by atoms with Crippen LogP contribution in [0.1, 0.15) is 5.56 Å². The molecule has 1 rings (SSSR count). The fraction of sp³-hybridized carbons (Fsp3) is 0.222. The molecule has 0 unspecified atom stereocenters. The van der Waals surface area contributed by atoms with Crippen LogP contribution in [-0.4, -0.2) is 13.6 Å². The Morgan fingerprint density at radius 3 is 2.64 bits per heavy atom. The van der Waals surface area contributed by atoms with E-state index in [0.29, 0.717) is 6.32 Å². The van der Waals surface area contributed by atoms with Crippen molar-refractivity contribution < 1.29 is 4.79 Å². The predicted octanol–water partition coefficient (Wildman–Crippen LogP) is 1.24. The van der Waals surface area contributed by atoms with Gasteiger partial charge in [0.1, 0.15) is 13.6 Å². The van der Waals surface area contributed by atoms with Crippen molar-refractivity contribution in [2.75, 3.05) is 0 Å². The number of hydrogen-bond acceptors (Lipinski definition) is 1. The molecule has 0 saturated carbocycles. The fourth-order valence-corrected chi connectivity index (χ4v) is 1.03. The molecule has 0 aromatic heterocycles. The molecular formula is C9H11BO. The third-order valence-electron chi connectivity index (χ3n) is 1.63. The Bertz CT molecular complexity index is 208. The summed E-state index contributed by atoms with van der Waals surface area (Å²) >= 11 is 0. The Morgan fingerprint density at radius 2 is 2.00 bits per heavy atom. The zero-order valence-electron chi connectivity index (χ0n) is 6.49. The second kappa shape index (κ2) is 4.72. The van der Waals surface area contributed by atoms with Gasteiger partial charge in [-0.1, -0.05) is 42.2 Å². The molecule has 0 bridgehead atoms. The number of carbonyl (C=O) groups excluding carboxylic acids is 1. The summed E-state index contributed by atoms with van der Waals surface area (Å²) in [7, 11) is 0.966. The first kappa shape index (κ1) is 8.06. The summed E-state index contributed by atoms with van der Waals surface area (Å²) in [5.41, 5.74) is 1.31. The highest BCUT2D eigenvalue weighted by Crippen LogP contribution is 1.98. The van der Waals surface area contributed by atoms with Crippen molar-refractivity contribution in [1.29, 1.82) is 0 Å². The van der Waals surface area contributed by atoms with Gasteiger partial charge in [0.2, 0.25) is 0 Å². The van der Waals surface area contributed by atoms with E-state index in [4.69, 9.17) is 0 Å². The topological polar surface area (TPSA) is 17.1 Å². The van der Waals surface area contributed by atoms with Crippen LogP contribution >= 0.6 is 0 Å². The van der Waals surface area contributed by atoms with Crippen LogP contribution in [-0.2, 0) is 11.1 Å². The van der Waals surface area contributed by atoms with Crippen LogP contribution in [0.25, 0.3) is 0 Å². The highest BCUT2D eigenvalue weighted by atomic mass is 16.1. The zero-order valence-corrected chi connectivity index (χ0v) is 6.49. The Balaban J connectivity index is 2.33. The minimum atomic E-state index is 0.675. The number of benzene rings is 1. The highest BCUT2D eigenvalue weighted by Gasteiger charge is 1.91. The van der Waals surface area contributed by atoms with Crippen molar-refractivity contribution in [3.05, 3.63) is 35.9 Å². The Labute approximate surface area is 67.7 Å². The van der Waals surface area contributed by atoms with Crippen LogP contribution in [0.3, 0.4) is 0 Å². The maximum absolute atomic E-state index is 10.00. The Hall–Kier alpha value is -1.05. The quantitative estimate of drug-likeness (QED) is 0.354. The number of hydrogen-bond donors (Lipinski definition) is 0. The first-order chi connectivity index (χ1) is 5.43. The molecule has 11 heavy (non-hydrogen) atoms. The lowest BCUT2D eigenvalue weighted by molar-refractivity contribution is -0.106. The SMILES string of the molecule is O=CCBCc1ccccc1. The van der Waals surface area contributed by atoms with E-state index in [2.05, 4.69) is 12.1 Å². The summed E-state index contributed by atoms with van der Waals surface area (Å²) in [6.07, 6.45) is 2.66. The minimum absolute atomic E-state index is 0.675. The van der Waals surface area contributed by atoms with Gasteiger partial charge in [0.05, 0.1) is 0 Å². The monoisotopic (exact) mass is 146 g/mol. The molecule has 0 radical (unpaired) electrons. The third kappa shape index (κ3) is 3.03. The van der Waals surface area contributed by atoms with Gasteiger partial charge in [-0.05, 0) is 6.32 Å². The first-order valence-electron chi connectivity index (χ1n) is 3.91. The van der Waals surface area contributed by atoms with Gasteiger partial charge in [0.25, 0.3) is 0 Å². The van der Waals surface area contributed by atoms with Gasteiger partial charge in [0.15, 0.2) is 0 Å². The van der Waals surface area contributed by atoms with E-state index in [9.17, 15) is 4.79 Å². The van der Waals surface area contributed by atoms with Crippen LogP contribution in [0.5, 0.6) is 0 Å². The van der Waals surface area contributed by atoms with Gasteiger partial charge in [-0.2, -0.15) is 0 Å². The highest BCUT2D eigenvalue weighted by molar-refractivity contribution is 6.39. The normalized spacial score (nSPS) is 9.09. The molecule has 0 spiro atoms. The van der Waals surface area contributed by atoms with Crippen molar-refractivity contribution in [2.45, 2.75) is 12.6 Å². The minimum Gasteiger partial charge on any atom is -0.304 e. The second-order valence-electron chi connectivity index (χ2n) is 2.54. The molecule has 1 aromatic carbocycles. The maximum atomic E-state index is 10.00. The van der Waals surface area contributed by atoms with E-state index < -0.39 is 0 Å². The molecule has 0 amide bonds. The summed E-state index contributed by atoms with van der Waals surface area (Å²) in [6, 6.07) is 10.2. The Morgan fingerprint density at radius 1 is 1.27 bits per heavy atom. The van der Waals surface area contributed by atoms with E-state index >= 15 is 0 Å². The Kier molecular flexibility index (Phi) is 3.46. The molecule has 56 valence electrons. The molecule has 0 aliphatic rings. The predicted molar refractivity (Wildman–Crippen MR) is 48.2 cm³/mol. The van der Waals surface area contributed by atoms with Crippen LogP contribution in [0.15, 0.2) is 30.3 Å². The lowest BCUT2D eigenvalue weighted by atomic mass is 9.69. The van der Waals surface area contributed by atoms with E-state index in [1.54, 1.807) is 0 Å². The van der Waals surface area contributed by atoms with Crippen molar-refractivity contribution in [2.24, 2.45) is 0 Å². The van der Waals surface area contributed by atoms with Crippen LogP contribution in [0.2, 0.25) is 6.32 Å². The molecule has 0 N–H and O–H groups in total. The van der Waals surface area contributed by atoms with E-state index in [0.717, 1.165) is 19.9 Å². The van der Waals surface area contributed by atoms with Crippen LogP contribution in [0, 0.1) is 0 Å². The number of carbonyl (C=O) groups is 1. The van der Waals surface area contributed by atoms with Crippen molar-refractivity contribution >= 4 is 13.6 Å². The smallest absolute Gasteiger partial charge is 0.134 e. The average Bonchev–Trinajstić information content (AvgIpc) is 2.07. The van der Waals surface area contributed by atoms with E-state index in [1.807, 2.05) is 18.2 Å². The molecule has 0 heterocycles. The largest absolute Gasteiger partial charge is 0.304 e. The molecule has 0 aliphatic heterocycles. The zero-order chi connectivity index (χ0) is 7.94. The standard InChI is InChI=1S/C9H11BO/c11-7-6-10-8-9-4-2-1-3-5-9/h1-5,7,10H,6,8H2. The van der Waals surface area contributed by atoms with E-state index in [-0.39, 0.29) is 0 Å². The lowest BCUT2D eigenvalue weighted by Crippen LogP contribution is -1.95. The van der Waals surface area contributed by atoms with Crippen LogP contribution in [0.4, 0.5) is 0 Å². The molecule has 0 aliphatic carbocycles. The summed E-state index contributed by atoms with van der Waals surface area (Å²) in [5, 5.41) is 0. The van der Waals surface area contributed by atoms with Gasteiger partial charge in [0, 0.05) is 0 Å². The fourth-order valence-electron chi connectivity index (χ4n) is 1.03. The summed E-state index contributed by atoms with van der Waals surface area (Å²) in [4.78, 5) is 10.00. The third-order valence-corrected chi connectivity index (χ3v) is 1.63. The van der Waals surface area contributed by atoms with Crippen LogP contribution < -0.4 is 0 Å². The average molecular weight is 146 g/mol. The van der Waals surface area contributed by atoms with Crippen molar-refractivity contribution in [1.82, 2.24) is 0 Å². The molecule has 1 nitrogen and oxygen atoms in total.